The molecule has 5 nitrogen and oxygen atoms in total. The van der Waals surface area contributed by atoms with E-state index in [2.05, 4.69) is 0 Å². The van der Waals surface area contributed by atoms with Crippen LogP contribution in [0, 0.1) is 0 Å². The highest BCUT2D eigenvalue weighted by Crippen LogP contribution is 2.02. The third-order valence-corrected chi connectivity index (χ3v) is 2.61. The molecule has 0 N–H and O–H groups in total. The highest BCUT2D eigenvalue weighted by atomic mass is 16.5. The second-order valence-electron chi connectivity index (χ2n) is 4.40. The van der Waals surface area contributed by atoms with Crippen molar-refractivity contribution in [3.63, 3.8) is 0 Å². The van der Waals surface area contributed by atoms with Gasteiger partial charge in [-0.2, -0.15) is 0 Å². The summed E-state index contributed by atoms with van der Waals surface area (Å²) >= 11 is 0. The molecule has 0 aliphatic heterocycles. The molecule has 0 saturated heterocycles. The van der Waals surface area contributed by atoms with Gasteiger partial charge in [0.2, 0.25) is 0 Å². The first kappa shape index (κ1) is 17.1. The molecule has 0 atom stereocenters. The lowest BCUT2D eigenvalue weighted by Crippen LogP contribution is -2.38. The summed E-state index contributed by atoms with van der Waals surface area (Å²) in [7, 11) is 1.64. The summed E-state index contributed by atoms with van der Waals surface area (Å²) in [5.41, 5.74) is 0. The molecule has 0 bridgehead atoms. The Labute approximate surface area is 109 Å². The third-order valence-electron chi connectivity index (χ3n) is 2.61. The van der Waals surface area contributed by atoms with E-state index < -0.39 is 0 Å². The van der Waals surface area contributed by atoms with Gasteiger partial charge in [0.05, 0.1) is 26.2 Å². The minimum Gasteiger partial charge on any atom is -0.466 e. The molecule has 0 aromatic heterocycles. The maximum absolute atomic E-state index is 11.7. The zero-order chi connectivity index (χ0) is 14.0. The van der Waals surface area contributed by atoms with Crippen LogP contribution >= 0.6 is 0 Å². The van der Waals surface area contributed by atoms with Gasteiger partial charge in [0.15, 0.2) is 0 Å². The van der Waals surface area contributed by atoms with Crippen molar-refractivity contribution >= 4 is 11.8 Å². The second-order valence-corrected chi connectivity index (χ2v) is 4.40. The quantitative estimate of drug-likeness (QED) is 0.553. The van der Waals surface area contributed by atoms with Gasteiger partial charge in [-0.15, -0.1) is 0 Å². The fraction of sp³-hybridized carbons (Fsp3) is 0.846. The maximum Gasteiger partial charge on any atom is 0.306 e. The first-order valence-corrected chi connectivity index (χ1v) is 6.41. The average molecular weight is 259 g/mol. The molecule has 106 valence electrons. The van der Waals surface area contributed by atoms with Gasteiger partial charge in [0.25, 0.3) is 0 Å². The predicted octanol–water partition coefficient (Wildman–Crippen LogP) is 1.26. The normalized spacial score (nSPS) is 11.0. The van der Waals surface area contributed by atoms with Crippen LogP contribution in [0.5, 0.6) is 0 Å². The molecule has 0 rings (SSSR count). The van der Waals surface area contributed by atoms with Crippen LogP contribution < -0.4 is 0 Å². The van der Waals surface area contributed by atoms with Gasteiger partial charge >= 0.3 is 5.97 Å². The van der Waals surface area contributed by atoms with Crippen LogP contribution in [-0.2, 0) is 19.1 Å². The number of hydrogen-bond donors (Lipinski definition) is 0. The maximum atomic E-state index is 11.7. The Bertz CT molecular complexity index is 253. The molecular formula is C13H25NO4. The number of Topliss-reactive ketones (excluding diaryl/α,β-unsaturated/α-hetero) is 1. The van der Waals surface area contributed by atoms with E-state index in [0.717, 1.165) is 6.54 Å². The number of carbonyl (C=O) groups excluding carboxylic acids is 2. The molecule has 0 radical (unpaired) electrons. The lowest BCUT2D eigenvalue weighted by atomic mass is 10.2. The van der Waals surface area contributed by atoms with E-state index in [4.69, 9.17) is 9.47 Å². The van der Waals surface area contributed by atoms with Crippen LogP contribution in [0.15, 0.2) is 0 Å². The van der Waals surface area contributed by atoms with Crippen molar-refractivity contribution < 1.29 is 19.1 Å². The van der Waals surface area contributed by atoms with Gasteiger partial charge in [-0.1, -0.05) is 0 Å². The highest BCUT2D eigenvalue weighted by molar-refractivity contribution is 5.84. The monoisotopic (exact) mass is 259 g/mol. The SMILES string of the molecule is CCOC(=O)CCC(=O)CN(CCOC)C(C)C. The van der Waals surface area contributed by atoms with Crippen LogP contribution in [0.4, 0.5) is 0 Å². The molecule has 0 aliphatic rings. The summed E-state index contributed by atoms with van der Waals surface area (Å²) in [4.78, 5) is 24.9. The molecule has 0 fully saturated rings. The molecule has 0 spiro atoms. The molecule has 0 aromatic carbocycles. The van der Waals surface area contributed by atoms with Crippen LogP contribution in [0.1, 0.15) is 33.6 Å². The number of rotatable bonds is 10. The van der Waals surface area contributed by atoms with E-state index in [-0.39, 0.29) is 30.6 Å². The van der Waals surface area contributed by atoms with Gasteiger partial charge in [0.1, 0.15) is 5.78 Å². The number of hydrogen-bond acceptors (Lipinski definition) is 5. The molecule has 0 aromatic rings. The van der Waals surface area contributed by atoms with E-state index in [1.54, 1.807) is 14.0 Å². The Kier molecular flexibility index (Phi) is 9.50. The van der Waals surface area contributed by atoms with Crippen molar-refractivity contribution in [2.45, 2.75) is 39.7 Å². The Balaban J connectivity index is 3.98. The van der Waals surface area contributed by atoms with Crippen molar-refractivity contribution in [3.05, 3.63) is 0 Å². The van der Waals surface area contributed by atoms with Crippen molar-refractivity contribution in [1.82, 2.24) is 4.90 Å². The standard InChI is InChI=1S/C13H25NO4/c1-5-18-13(16)7-6-12(15)10-14(11(2)3)8-9-17-4/h11H,5-10H2,1-4H3. The summed E-state index contributed by atoms with van der Waals surface area (Å²) in [5.74, 6) is -0.244. The average Bonchev–Trinajstić information content (AvgIpc) is 2.32. The predicted molar refractivity (Wildman–Crippen MR) is 69.5 cm³/mol. The third kappa shape index (κ3) is 8.20. The van der Waals surface area contributed by atoms with Gasteiger partial charge in [-0.3, -0.25) is 14.5 Å². The van der Waals surface area contributed by atoms with Crippen LogP contribution in [0.25, 0.3) is 0 Å². The van der Waals surface area contributed by atoms with E-state index in [9.17, 15) is 9.59 Å². The Hall–Kier alpha value is -0.940. The van der Waals surface area contributed by atoms with Crippen molar-refractivity contribution in [1.29, 1.82) is 0 Å². The van der Waals surface area contributed by atoms with E-state index in [0.29, 0.717) is 19.8 Å². The Morgan fingerprint density at radius 2 is 1.89 bits per heavy atom. The van der Waals surface area contributed by atoms with Crippen LogP contribution in [0.3, 0.4) is 0 Å². The summed E-state index contributed by atoms with van der Waals surface area (Å²) < 4.78 is 9.79. The number of nitrogens with zero attached hydrogens (tertiary/aromatic N) is 1. The van der Waals surface area contributed by atoms with Crippen molar-refractivity contribution in [2.75, 3.05) is 33.4 Å². The number of carbonyl (C=O) groups is 2. The Morgan fingerprint density at radius 3 is 2.39 bits per heavy atom. The molecule has 5 heteroatoms. The summed E-state index contributed by atoms with van der Waals surface area (Å²) in [6.45, 7) is 7.87. The lowest BCUT2D eigenvalue weighted by Gasteiger charge is -2.25. The first-order valence-electron chi connectivity index (χ1n) is 6.41. The van der Waals surface area contributed by atoms with Crippen LogP contribution in [-0.4, -0.2) is 56.1 Å². The largest absolute Gasteiger partial charge is 0.466 e. The Morgan fingerprint density at radius 1 is 1.22 bits per heavy atom. The summed E-state index contributed by atoms with van der Waals surface area (Å²) in [5, 5.41) is 0. The lowest BCUT2D eigenvalue weighted by molar-refractivity contribution is -0.144. The van der Waals surface area contributed by atoms with Crippen molar-refractivity contribution in [2.24, 2.45) is 0 Å². The minimum atomic E-state index is -0.307. The zero-order valence-electron chi connectivity index (χ0n) is 11.9. The topological polar surface area (TPSA) is 55.8 Å². The molecular weight excluding hydrogens is 234 g/mol. The van der Waals surface area contributed by atoms with Gasteiger partial charge < -0.3 is 9.47 Å². The minimum absolute atomic E-state index is 0.0628. The summed E-state index contributed by atoms with van der Waals surface area (Å²) in [6, 6.07) is 0.284. The molecule has 0 aliphatic carbocycles. The molecule has 0 saturated carbocycles. The molecule has 18 heavy (non-hydrogen) atoms. The van der Waals surface area contributed by atoms with Crippen LogP contribution in [0.2, 0.25) is 0 Å². The van der Waals surface area contributed by atoms with Gasteiger partial charge in [-0.25, -0.2) is 0 Å². The summed E-state index contributed by atoms with van der Waals surface area (Å²) in [6.07, 6.45) is 0.415. The highest BCUT2D eigenvalue weighted by Gasteiger charge is 2.15. The van der Waals surface area contributed by atoms with E-state index >= 15 is 0 Å². The molecule has 0 heterocycles. The number of methoxy groups -OCH3 is 1. The molecule has 0 unspecified atom stereocenters. The number of ketones is 1. The number of ether oxygens (including phenoxy) is 2. The fourth-order valence-electron chi connectivity index (χ4n) is 1.51. The fourth-order valence-corrected chi connectivity index (χ4v) is 1.51. The number of esters is 1. The first-order chi connectivity index (χ1) is 8.51. The zero-order valence-corrected chi connectivity index (χ0v) is 11.9. The second kappa shape index (κ2) is 10.0. The van der Waals surface area contributed by atoms with Gasteiger partial charge in [-0.05, 0) is 20.8 Å². The van der Waals surface area contributed by atoms with Crippen molar-refractivity contribution in [3.8, 4) is 0 Å². The molecule has 0 amide bonds. The smallest absolute Gasteiger partial charge is 0.306 e. The van der Waals surface area contributed by atoms with E-state index in [1.807, 2.05) is 18.7 Å². The van der Waals surface area contributed by atoms with E-state index in [1.165, 1.54) is 0 Å². The van der Waals surface area contributed by atoms with Gasteiger partial charge in [0, 0.05) is 26.1 Å².